The average molecular weight is 369 g/mol. The second-order valence-corrected chi connectivity index (χ2v) is 8.55. The predicted octanol–water partition coefficient (Wildman–Crippen LogP) is 1.02. The quantitative estimate of drug-likeness (QED) is 0.749. The lowest BCUT2D eigenvalue weighted by atomic mass is 10.1. The van der Waals surface area contributed by atoms with Gasteiger partial charge in [0.1, 0.15) is 0 Å². The van der Waals surface area contributed by atoms with Gasteiger partial charge in [0.25, 0.3) is 5.89 Å². The molecule has 0 saturated carbocycles. The zero-order valence-corrected chi connectivity index (χ0v) is 15.7. The van der Waals surface area contributed by atoms with Gasteiger partial charge in [0.15, 0.2) is 11.5 Å². The van der Waals surface area contributed by atoms with Gasteiger partial charge in [-0.1, -0.05) is 5.16 Å². The van der Waals surface area contributed by atoms with Crippen molar-refractivity contribution in [3.8, 4) is 11.6 Å². The Morgan fingerprint density at radius 1 is 1.36 bits per heavy atom. The Morgan fingerprint density at radius 2 is 2.12 bits per heavy atom. The number of rotatable bonds is 6. The molecule has 0 amide bonds. The third kappa shape index (κ3) is 3.75. The Balaban J connectivity index is 1.83. The molecule has 138 valence electrons. The third-order valence-electron chi connectivity index (χ3n) is 4.22. The van der Waals surface area contributed by atoms with E-state index in [1.54, 1.807) is 0 Å². The van der Waals surface area contributed by atoms with Gasteiger partial charge in [-0.25, -0.2) is 12.7 Å². The number of ether oxygens (including phenoxy) is 1. The molecule has 0 fully saturated rings. The van der Waals surface area contributed by atoms with E-state index in [1.165, 1.54) is 17.6 Å². The molecule has 10 heteroatoms. The van der Waals surface area contributed by atoms with Gasteiger partial charge in [0.05, 0.1) is 19.5 Å². The van der Waals surface area contributed by atoms with Gasteiger partial charge in [-0.2, -0.15) is 10.1 Å². The number of nitrogens with zero attached hydrogens (tertiary/aromatic N) is 5. The lowest BCUT2D eigenvalue weighted by Crippen LogP contribution is -2.27. The molecule has 0 bridgehead atoms. The highest BCUT2D eigenvalue weighted by Crippen LogP contribution is 2.29. The number of sulfonamides is 1. The van der Waals surface area contributed by atoms with Crippen molar-refractivity contribution in [2.45, 2.75) is 39.3 Å². The molecule has 0 unspecified atom stereocenters. The van der Waals surface area contributed by atoms with Gasteiger partial charge in [-0.05, 0) is 13.8 Å². The van der Waals surface area contributed by atoms with Crippen molar-refractivity contribution in [1.82, 2.24) is 24.2 Å². The van der Waals surface area contributed by atoms with E-state index in [2.05, 4.69) is 29.1 Å². The van der Waals surface area contributed by atoms with Crippen LogP contribution in [-0.2, 0) is 34.2 Å². The van der Waals surface area contributed by atoms with Crippen molar-refractivity contribution in [2.75, 3.05) is 26.5 Å². The molecule has 0 aromatic carbocycles. The molecule has 3 heterocycles. The Labute approximate surface area is 147 Å². The van der Waals surface area contributed by atoms with Crippen molar-refractivity contribution in [3.05, 3.63) is 17.1 Å². The lowest BCUT2D eigenvalue weighted by molar-refractivity contribution is 0.108. The molecule has 25 heavy (non-hydrogen) atoms. The van der Waals surface area contributed by atoms with Crippen LogP contribution in [0.4, 0.5) is 0 Å². The minimum Gasteiger partial charge on any atom is -0.376 e. The second-order valence-electron chi connectivity index (χ2n) is 6.47. The predicted molar refractivity (Wildman–Crippen MR) is 90.4 cm³/mol. The summed E-state index contributed by atoms with van der Waals surface area (Å²) in [5.74, 6) is 0.799. The normalized spacial score (nSPS) is 15.1. The first kappa shape index (κ1) is 18.0. The summed E-state index contributed by atoms with van der Waals surface area (Å²) in [6, 6.07) is 0.228. The minimum atomic E-state index is -3.22. The second kappa shape index (κ2) is 6.85. The van der Waals surface area contributed by atoms with E-state index in [1.807, 2.05) is 4.68 Å². The molecule has 1 aliphatic rings. The van der Waals surface area contributed by atoms with Gasteiger partial charge in [0.2, 0.25) is 10.0 Å². The van der Waals surface area contributed by atoms with Crippen molar-refractivity contribution < 1.29 is 17.7 Å². The van der Waals surface area contributed by atoms with Crippen LogP contribution in [0, 0.1) is 0 Å². The molecule has 3 rings (SSSR count). The fourth-order valence-corrected chi connectivity index (χ4v) is 3.16. The lowest BCUT2D eigenvalue weighted by Gasteiger charge is -2.16. The van der Waals surface area contributed by atoms with Gasteiger partial charge >= 0.3 is 0 Å². The van der Waals surface area contributed by atoms with Crippen molar-refractivity contribution in [2.24, 2.45) is 0 Å². The molecule has 0 radical (unpaired) electrons. The van der Waals surface area contributed by atoms with Crippen LogP contribution in [0.1, 0.15) is 37.0 Å². The number of hydrogen-bond donors (Lipinski definition) is 0. The van der Waals surface area contributed by atoms with Crippen LogP contribution in [0.3, 0.4) is 0 Å². The summed E-state index contributed by atoms with van der Waals surface area (Å²) in [6.07, 6.45) is 2.34. The molecule has 9 nitrogen and oxygen atoms in total. The summed E-state index contributed by atoms with van der Waals surface area (Å²) in [5.41, 5.74) is 2.79. The SMILES string of the molecule is CC(C)n1nc(-c2nc(CCN(C)S(C)(=O)=O)no2)c2c1CCOC2. The molecule has 0 N–H and O–H groups in total. The highest BCUT2D eigenvalue weighted by Gasteiger charge is 2.26. The monoisotopic (exact) mass is 369 g/mol. The van der Waals surface area contributed by atoms with Gasteiger partial charge in [-0.3, -0.25) is 4.68 Å². The van der Waals surface area contributed by atoms with Gasteiger partial charge in [0, 0.05) is 43.7 Å². The van der Waals surface area contributed by atoms with E-state index in [9.17, 15) is 8.42 Å². The van der Waals surface area contributed by atoms with Crippen LogP contribution < -0.4 is 0 Å². The molecule has 2 aromatic heterocycles. The summed E-state index contributed by atoms with van der Waals surface area (Å²) < 4.78 is 37.0. The smallest absolute Gasteiger partial charge is 0.278 e. The topological polar surface area (TPSA) is 103 Å². The molecule has 0 atom stereocenters. The molecule has 0 spiro atoms. The zero-order valence-electron chi connectivity index (χ0n) is 14.9. The molecule has 0 saturated heterocycles. The largest absolute Gasteiger partial charge is 0.376 e. The maximum atomic E-state index is 11.4. The Kier molecular flexibility index (Phi) is 4.94. The highest BCUT2D eigenvalue weighted by molar-refractivity contribution is 7.88. The first-order valence-electron chi connectivity index (χ1n) is 8.19. The van der Waals surface area contributed by atoms with E-state index in [-0.39, 0.29) is 6.04 Å². The number of fused-ring (bicyclic) bond motifs is 1. The molecule has 2 aromatic rings. The summed E-state index contributed by atoms with van der Waals surface area (Å²) >= 11 is 0. The molecule has 1 aliphatic heterocycles. The van der Waals surface area contributed by atoms with E-state index >= 15 is 0 Å². The van der Waals surface area contributed by atoms with Gasteiger partial charge in [-0.15, -0.1) is 0 Å². The molecular formula is C15H23N5O4S. The van der Waals surface area contributed by atoms with E-state index < -0.39 is 10.0 Å². The first-order chi connectivity index (χ1) is 11.8. The van der Waals surface area contributed by atoms with Gasteiger partial charge < -0.3 is 9.26 Å². The highest BCUT2D eigenvalue weighted by atomic mass is 32.2. The van der Waals surface area contributed by atoms with E-state index in [4.69, 9.17) is 9.26 Å². The minimum absolute atomic E-state index is 0.228. The number of aromatic nitrogens is 4. The summed E-state index contributed by atoms with van der Waals surface area (Å²) in [7, 11) is -1.70. The summed E-state index contributed by atoms with van der Waals surface area (Å²) in [6.45, 7) is 5.60. The van der Waals surface area contributed by atoms with Crippen molar-refractivity contribution in [3.63, 3.8) is 0 Å². The number of likely N-dealkylation sites (N-methyl/N-ethyl adjacent to an activating group) is 1. The average Bonchev–Trinajstić information content (AvgIpc) is 3.15. The fraction of sp³-hybridized carbons (Fsp3) is 0.667. The maximum absolute atomic E-state index is 11.4. The van der Waals surface area contributed by atoms with Crippen LogP contribution in [0.2, 0.25) is 0 Å². The van der Waals surface area contributed by atoms with Crippen LogP contribution in [0.25, 0.3) is 11.6 Å². The van der Waals surface area contributed by atoms with E-state index in [0.717, 1.165) is 17.7 Å². The fourth-order valence-electron chi connectivity index (χ4n) is 2.74. The summed E-state index contributed by atoms with van der Waals surface area (Å²) in [5, 5.41) is 8.60. The maximum Gasteiger partial charge on any atom is 0.278 e. The van der Waals surface area contributed by atoms with Crippen LogP contribution in [0.15, 0.2) is 4.52 Å². The Morgan fingerprint density at radius 3 is 2.80 bits per heavy atom. The summed E-state index contributed by atoms with van der Waals surface area (Å²) in [4.78, 5) is 4.38. The van der Waals surface area contributed by atoms with E-state index in [0.29, 0.717) is 43.6 Å². The van der Waals surface area contributed by atoms with Crippen LogP contribution in [-0.4, -0.2) is 59.1 Å². The van der Waals surface area contributed by atoms with Crippen molar-refractivity contribution >= 4 is 10.0 Å². The van der Waals surface area contributed by atoms with Crippen LogP contribution in [0.5, 0.6) is 0 Å². The standard InChI is InChI=1S/C15H23N5O4S/c1-10(2)20-12-6-8-23-9-11(12)14(17-20)15-16-13(18-24-15)5-7-19(3)25(4,21)22/h10H,5-9H2,1-4H3. The number of hydrogen-bond acceptors (Lipinski definition) is 7. The Bertz CT molecular complexity index is 855. The van der Waals surface area contributed by atoms with Crippen molar-refractivity contribution in [1.29, 1.82) is 0 Å². The van der Waals surface area contributed by atoms with Crippen LogP contribution >= 0.6 is 0 Å². The molecular weight excluding hydrogens is 346 g/mol. The zero-order chi connectivity index (χ0) is 18.2. The third-order valence-corrected chi connectivity index (χ3v) is 5.54. The molecule has 0 aliphatic carbocycles. The Hall–Kier alpha value is -1.78. The first-order valence-corrected chi connectivity index (χ1v) is 10.0.